The van der Waals surface area contributed by atoms with Gasteiger partial charge in [0.1, 0.15) is 5.75 Å². The van der Waals surface area contributed by atoms with Crippen molar-refractivity contribution in [2.75, 3.05) is 12.4 Å². The van der Waals surface area contributed by atoms with Gasteiger partial charge in [-0.3, -0.25) is 0 Å². The Kier molecular flexibility index (Phi) is 6.34. The van der Waals surface area contributed by atoms with E-state index in [2.05, 4.69) is 20.9 Å². The fraction of sp³-hybridized carbons (Fsp3) is 0.235. The van der Waals surface area contributed by atoms with Gasteiger partial charge in [0.2, 0.25) is 0 Å². The molecule has 0 fully saturated rings. The molecule has 0 aliphatic rings. The van der Waals surface area contributed by atoms with Crippen LogP contribution in [0.5, 0.6) is 5.75 Å². The number of halogens is 1. The third-order valence-electron chi connectivity index (χ3n) is 3.08. The number of aliphatic imine (C=N–C) groups is 1. The van der Waals surface area contributed by atoms with Gasteiger partial charge in [-0.05, 0) is 49.2 Å². The summed E-state index contributed by atoms with van der Waals surface area (Å²) in [5.74, 6) is 1.62. The van der Waals surface area contributed by atoms with Gasteiger partial charge in [-0.2, -0.15) is 0 Å². The minimum atomic E-state index is 0.566. The minimum Gasteiger partial charge on any atom is -0.493 e. The molecule has 0 amide bonds. The number of benzene rings is 2. The van der Waals surface area contributed by atoms with Crippen molar-refractivity contribution >= 4 is 38.5 Å². The normalized spacial score (nSPS) is 11.5. The fourth-order valence-corrected chi connectivity index (χ4v) is 2.76. The van der Waals surface area contributed by atoms with E-state index in [9.17, 15) is 0 Å². The Balaban J connectivity index is 1.83. The maximum atomic E-state index is 5.99. The predicted molar refractivity (Wildman–Crippen MR) is 99.3 cm³/mol. The highest BCUT2D eigenvalue weighted by Crippen LogP contribution is 2.24. The quantitative estimate of drug-likeness (QED) is 0.460. The van der Waals surface area contributed by atoms with Crippen LogP contribution in [0.1, 0.15) is 11.1 Å². The van der Waals surface area contributed by atoms with Crippen molar-refractivity contribution in [1.29, 1.82) is 0 Å². The van der Waals surface area contributed by atoms with Crippen molar-refractivity contribution in [2.24, 2.45) is 10.7 Å². The summed E-state index contributed by atoms with van der Waals surface area (Å²) in [7, 11) is 0. The molecule has 0 aliphatic heterocycles. The van der Waals surface area contributed by atoms with Gasteiger partial charge in [-0.25, -0.2) is 4.99 Å². The molecular weight excluding hydrogens is 360 g/mol. The van der Waals surface area contributed by atoms with Crippen molar-refractivity contribution in [1.82, 2.24) is 0 Å². The van der Waals surface area contributed by atoms with Crippen LogP contribution in [0.15, 0.2) is 51.9 Å². The number of hydrogen-bond donors (Lipinski definition) is 1. The van der Waals surface area contributed by atoms with Crippen LogP contribution in [0.2, 0.25) is 0 Å². The molecule has 2 rings (SSSR count). The number of amidine groups is 1. The number of para-hydroxylation sites is 1. The smallest absolute Gasteiger partial charge is 0.159 e. The number of nitrogens with zero attached hydrogens (tertiary/aromatic N) is 1. The summed E-state index contributed by atoms with van der Waals surface area (Å²) in [5.41, 5.74) is 9.22. The first-order valence-electron chi connectivity index (χ1n) is 6.98. The lowest BCUT2D eigenvalue weighted by molar-refractivity contribution is 0.344. The predicted octanol–water partition coefficient (Wildman–Crippen LogP) is 4.82. The van der Waals surface area contributed by atoms with Crippen molar-refractivity contribution in [2.45, 2.75) is 13.8 Å². The first-order valence-corrected chi connectivity index (χ1v) is 8.75. The summed E-state index contributed by atoms with van der Waals surface area (Å²) in [6, 6.07) is 13.9. The summed E-state index contributed by atoms with van der Waals surface area (Å²) in [6.07, 6.45) is 0. The molecule has 3 nitrogen and oxygen atoms in total. The van der Waals surface area contributed by atoms with E-state index in [4.69, 9.17) is 10.5 Å². The number of nitrogens with two attached hydrogens (primary N) is 1. The van der Waals surface area contributed by atoms with Crippen molar-refractivity contribution in [3.05, 3.63) is 58.1 Å². The fourth-order valence-electron chi connectivity index (χ4n) is 1.96. The zero-order valence-electron chi connectivity index (χ0n) is 12.7. The van der Waals surface area contributed by atoms with E-state index in [-0.39, 0.29) is 0 Å². The van der Waals surface area contributed by atoms with Gasteiger partial charge in [0.05, 0.1) is 12.3 Å². The molecule has 22 heavy (non-hydrogen) atoms. The van der Waals surface area contributed by atoms with Gasteiger partial charge in [0.15, 0.2) is 5.17 Å². The van der Waals surface area contributed by atoms with E-state index in [0.29, 0.717) is 11.8 Å². The van der Waals surface area contributed by atoms with Crippen LogP contribution in [-0.2, 0) is 0 Å². The minimum absolute atomic E-state index is 0.566. The molecule has 2 aromatic carbocycles. The van der Waals surface area contributed by atoms with Gasteiger partial charge >= 0.3 is 0 Å². The summed E-state index contributed by atoms with van der Waals surface area (Å²) < 4.78 is 6.70. The second-order valence-corrected chi connectivity index (χ2v) is 6.87. The van der Waals surface area contributed by atoms with E-state index in [1.165, 1.54) is 11.8 Å². The SMILES string of the molecule is Cc1cccc(C)c1N=C(N)SCCOc1ccc(Br)cc1. The van der Waals surface area contributed by atoms with Crippen LogP contribution >= 0.6 is 27.7 Å². The lowest BCUT2D eigenvalue weighted by atomic mass is 10.1. The average Bonchev–Trinajstić information content (AvgIpc) is 2.49. The average molecular weight is 379 g/mol. The van der Waals surface area contributed by atoms with E-state index in [0.717, 1.165) is 32.8 Å². The number of hydrogen-bond acceptors (Lipinski definition) is 3. The van der Waals surface area contributed by atoms with Crippen molar-refractivity contribution in [3.8, 4) is 5.75 Å². The molecule has 0 bridgehead atoms. The van der Waals surface area contributed by atoms with Gasteiger partial charge in [-0.15, -0.1) is 0 Å². The van der Waals surface area contributed by atoms with Gasteiger partial charge < -0.3 is 10.5 Å². The lowest BCUT2D eigenvalue weighted by Gasteiger charge is -2.07. The summed E-state index contributed by atoms with van der Waals surface area (Å²) >= 11 is 4.90. The number of ether oxygens (including phenoxy) is 1. The maximum absolute atomic E-state index is 5.99. The molecule has 0 spiro atoms. The first-order chi connectivity index (χ1) is 10.6. The second kappa shape index (κ2) is 8.25. The van der Waals surface area contributed by atoms with Crippen LogP contribution < -0.4 is 10.5 Å². The zero-order chi connectivity index (χ0) is 15.9. The largest absolute Gasteiger partial charge is 0.493 e. The van der Waals surface area contributed by atoms with E-state index in [1.54, 1.807) is 0 Å². The van der Waals surface area contributed by atoms with Gasteiger partial charge in [0, 0.05) is 10.2 Å². The van der Waals surface area contributed by atoms with Crippen LogP contribution in [0.25, 0.3) is 0 Å². The van der Waals surface area contributed by atoms with Crippen LogP contribution in [-0.4, -0.2) is 17.5 Å². The monoisotopic (exact) mass is 378 g/mol. The van der Waals surface area contributed by atoms with Crippen LogP contribution in [0.4, 0.5) is 5.69 Å². The topological polar surface area (TPSA) is 47.6 Å². The highest BCUT2D eigenvalue weighted by molar-refractivity contribution is 9.10. The molecule has 0 aromatic heterocycles. The molecule has 0 aliphatic carbocycles. The maximum Gasteiger partial charge on any atom is 0.159 e. The number of thioether (sulfide) groups is 1. The molecule has 2 aromatic rings. The molecule has 0 heterocycles. The third kappa shape index (κ3) is 5.07. The molecule has 116 valence electrons. The third-order valence-corrected chi connectivity index (χ3v) is 4.36. The zero-order valence-corrected chi connectivity index (χ0v) is 15.1. The van der Waals surface area contributed by atoms with E-state index >= 15 is 0 Å². The van der Waals surface area contributed by atoms with Crippen molar-refractivity contribution in [3.63, 3.8) is 0 Å². The summed E-state index contributed by atoms with van der Waals surface area (Å²) in [5, 5.41) is 0.566. The molecule has 5 heteroatoms. The van der Waals surface area contributed by atoms with Gasteiger partial charge in [0.25, 0.3) is 0 Å². The Labute approximate surface area is 144 Å². The molecular formula is C17H19BrN2OS. The Morgan fingerprint density at radius 1 is 1.14 bits per heavy atom. The standard InChI is InChI=1S/C17H19BrN2OS/c1-12-4-3-5-13(2)16(12)20-17(19)22-11-10-21-15-8-6-14(18)7-9-15/h3-9H,10-11H2,1-2H3,(H2,19,20). The first kappa shape index (κ1) is 16.9. The molecule has 0 atom stereocenters. The second-order valence-electron chi connectivity index (χ2n) is 4.84. The summed E-state index contributed by atoms with van der Waals surface area (Å²) in [6.45, 7) is 4.68. The Morgan fingerprint density at radius 3 is 2.41 bits per heavy atom. The Hall–Kier alpha value is -1.46. The highest BCUT2D eigenvalue weighted by atomic mass is 79.9. The Bertz CT molecular complexity index is 636. The van der Waals surface area contributed by atoms with E-state index < -0.39 is 0 Å². The molecule has 0 saturated carbocycles. The van der Waals surface area contributed by atoms with Crippen LogP contribution in [0, 0.1) is 13.8 Å². The number of rotatable bonds is 5. The van der Waals surface area contributed by atoms with Gasteiger partial charge in [-0.1, -0.05) is 45.9 Å². The lowest BCUT2D eigenvalue weighted by Crippen LogP contribution is -2.10. The molecule has 0 unspecified atom stereocenters. The molecule has 2 N–H and O–H groups in total. The van der Waals surface area contributed by atoms with Crippen molar-refractivity contribution < 1.29 is 4.74 Å². The van der Waals surface area contributed by atoms with E-state index in [1.807, 2.05) is 56.3 Å². The molecule has 0 saturated heterocycles. The highest BCUT2D eigenvalue weighted by Gasteiger charge is 2.02. The summed E-state index contributed by atoms with van der Waals surface area (Å²) in [4.78, 5) is 4.51. The Morgan fingerprint density at radius 2 is 1.77 bits per heavy atom. The number of aryl methyl sites for hydroxylation is 2. The molecule has 0 radical (unpaired) electrons. The van der Waals surface area contributed by atoms with Crippen LogP contribution in [0.3, 0.4) is 0 Å².